The van der Waals surface area contributed by atoms with Crippen LogP contribution in [0.1, 0.15) is 16.0 Å². The molecular formula is C13H10BrF. The Hall–Kier alpha value is -1.15. The van der Waals surface area contributed by atoms with Gasteiger partial charge in [0.15, 0.2) is 0 Å². The van der Waals surface area contributed by atoms with E-state index in [1.54, 1.807) is 12.1 Å². The van der Waals surface area contributed by atoms with Gasteiger partial charge in [-0.1, -0.05) is 58.4 Å². The molecule has 2 heteroatoms. The number of halogens is 2. The summed E-state index contributed by atoms with van der Waals surface area (Å²) < 4.78 is 12.7. The lowest BCUT2D eigenvalue weighted by Gasteiger charge is -2.10. The first-order valence-corrected chi connectivity index (χ1v) is 5.63. The van der Waals surface area contributed by atoms with Gasteiger partial charge in [-0.05, 0) is 23.3 Å². The minimum absolute atomic E-state index is 0.124. The molecule has 0 spiro atoms. The predicted molar refractivity (Wildman–Crippen MR) is 63.6 cm³/mol. The molecule has 0 aliphatic rings. The molecule has 0 aromatic heterocycles. The van der Waals surface area contributed by atoms with E-state index in [0.717, 1.165) is 5.56 Å². The molecule has 2 rings (SSSR count). The van der Waals surface area contributed by atoms with E-state index in [-0.39, 0.29) is 10.6 Å². The fraction of sp³-hybridized carbons (Fsp3) is 0.0769. The SMILES string of the molecule is Fc1ccc([C@@H](Br)c2ccccc2)cc1. The lowest BCUT2D eigenvalue weighted by Crippen LogP contribution is -1.91. The van der Waals surface area contributed by atoms with Crippen molar-refractivity contribution in [1.29, 1.82) is 0 Å². The normalized spacial score (nSPS) is 12.4. The average molecular weight is 265 g/mol. The van der Waals surface area contributed by atoms with E-state index in [1.165, 1.54) is 17.7 Å². The molecule has 0 nitrogen and oxygen atoms in total. The Morgan fingerprint density at radius 2 is 1.33 bits per heavy atom. The first-order chi connectivity index (χ1) is 7.27. The molecule has 0 aliphatic carbocycles. The number of hydrogen-bond donors (Lipinski definition) is 0. The van der Waals surface area contributed by atoms with Crippen LogP contribution in [-0.4, -0.2) is 0 Å². The quantitative estimate of drug-likeness (QED) is 0.710. The van der Waals surface area contributed by atoms with Crippen LogP contribution in [-0.2, 0) is 0 Å². The van der Waals surface area contributed by atoms with Crippen LogP contribution >= 0.6 is 15.9 Å². The molecule has 0 aliphatic heterocycles. The molecular weight excluding hydrogens is 255 g/mol. The molecule has 0 saturated heterocycles. The van der Waals surface area contributed by atoms with Crippen LogP contribution in [0.3, 0.4) is 0 Å². The van der Waals surface area contributed by atoms with Crippen LogP contribution < -0.4 is 0 Å². The first kappa shape index (κ1) is 10.4. The van der Waals surface area contributed by atoms with Gasteiger partial charge in [0.1, 0.15) is 5.82 Å². The molecule has 76 valence electrons. The summed E-state index contributed by atoms with van der Waals surface area (Å²) >= 11 is 3.60. The molecule has 1 atom stereocenters. The molecule has 0 N–H and O–H groups in total. The molecule has 2 aromatic carbocycles. The van der Waals surface area contributed by atoms with Gasteiger partial charge in [-0.2, -0.15) is 0 Å². The van der Waals surface area contributed by atoms with Gasteiger partial charge >= 0.3 is 0 Å². The third-order valence-corrected chi connectivity index (χ3v) is 3.31. The zero-order chi connectivity index (χ0) is 10.7. The molecule has 0 saturated carbocycles. The van der Waals surface area contributed by atoms with Gasteiger partial charge in [-0.3, -0.25) is 0 Å². The van der Waals surface area contributed by atoms with Gasteiger partial charge in [0.25, 0.3) is 0 Å². The Balaban J connectivity index is 2.29. The van der Waals surface area contributed by atoms with Crippen LogP contribution in [0, 0.1) is 5.82 Å². The van der Waals surface area contributed by atoms with Crippen LogP contribution in [0.5, 0.6) is 0 Å². The highest BCUT2D eigenvalue weighted by molar-refractivity contribution is 9.09. The standard InChI is InChI=1S/C13H10BrF/c14-13(10-4-2-1-3-5-10)11-6-8-12(15)9-7-11/h1-9,13H/t13-/m0/s1. The van der Waals surface area contributed by atoms with Gasteiger partial charge in [-0.25, -0.2) is 4.39 Å². The van der Waals surface area contributed by atoms with Crippen molar-refractivity contribution in [2.24, 2.45) is 0 Å². The number of alkyl halides is 1. The van der Waals surface area contributed by atoms with E-state index in [1.807, 2.05) is 30.3 Å². The molecule has 0 fully saturated rings. The summed E-state index contributed by atoms with van der Waals surface area (Å²) in [6.45, 7) is 0. The van der Waals surface area contributed by atoms with E-state index in [9.17, 15) is 4.39 Å². The van der Waals surface area contributed by atoms with Crippen molar-refractivity contribution in [3.05, 3.63) is 71.5 Å². The van der Waals surface area contributed by atoms with E-state index >= 15 is 0 Å². The summed E-state index contributed by atoms with van der Waals surface area (Å²) in [4.78, 5) is 0.124. The van der Waals surface area contributed by atoms with Gasteiger partial charge in [0.05, 0.1) is 4.83 Å². The Bertz CT molecular complexity index is 422. The largest absolute Gasteiger partial charge is 0.207 e. The Morgan fingerprint density at radius 1 is 0.800 bits per heavy atom. The van der Waals surface area contributed by atoms with Crippen LogP contribution in [0.15, 0.2) is 54.6 Å². The van der Waals surface area contributed by atoms with E-state index in [4.69, 9.17) is 0 Å². The Morgan fingerprint density at radius 3 is 1.93 bits per heavy atom. The maximum Gasteiger partial charge on any atom is 0.123 e. The minimum Gasteiger partial charge on any atom is -0.207 e. The summed E-state index contributed by atoms with van der Waals surface area (Å²) in [6, 6.07) is 16.6. The lowest BCUT2D eigenvalue weighted by molar-refractivity contribution is 0.627. The van der Waals surface area contributed by atoms with Crippen molar-refractivity contribution in [2.75, 3.05) is 0 Å². The summed E-state index contributed by atoms with van der Waals surface area (Å²) in [7, 11) is 0. The second-order valence-electron chi connectivity index (χ2n) is 3.32. The van der Waals surface area contributed by atoms with Crippen molar-refractivity contribution in [2.45, 2.75) is 4.83 Å². The van der Waals surface area contributed by atoms with Gasteiger partial charge in [0.2, 0.25) is 0 Å². The monoisotopic (exact) mass is 264 g/mol. The van der Waals surface area contributed by atoms with Gasteiger partial charge < -0.3 is 0 Å². The summed E-state index contributed by atoms with van der Waals surface area (Å²) in [5.74, 6) is -0.202. The van der Waals surface area contributed by atoms with Crippen LogP contribution in [0.2, 0.25) is 0 Å². The smallest absolute Gasteiger partial charge is 0.123 e. The minimum atomic E-state index is -0.202. The van der Waals surface area contributed by atoms with Crippen molar-refractivity contribution < 1.29 is 4.39 Å². The maximum absolute atomic E-state index is 12.7. The van der Waals surface area contributed by atoms with Crippen molar-refractivity contribution >= 4 is 15.9 Å². The Labute approximate surface area is 96.9 Å². The second kappa shape index (κ2) is 4.58. The first-order valence-electron chi connectivity index (χ1n) is 4.72. The molecule has 2 aromatic rings. The topological polar surface area (TPSA) is 0 Å². The third kappa shape index (κ3) is 2.45. The lowest BCUT2D eigenvalue weighted by atomic mass is 10.1. The highest BCUT2D eigenvalue weighted by atomic mass is 79.9. The highest BCUT2D eigenvalue weighted by Gasteiger charge is 2.08. The van der Waals surface area contributed by atoms with Gasteiger partial charge in [0, 0.05) is 0 Å². The molecule has 0 heterocycles. The zero-order valence-electron chi connectivity index (χ0n) is 8.03. The second-order valence-corrected chi connectivity index (χ2v) is 4.24. The summed E-state index contributed by atoms with van der Waals surface area (Å²) in [6.07, 6.45) is 0. The van der Waals surface area contributed by atoms with Crippen molar-refractivity contribution in [3.8, 4) is 0 Å². The average Bonchev–Trinajstić information content (AvgIpc) is 2.30. The van der Waals surface area contributed by atoms with Crippen LogP contribution in [0.25, 0.3) is 0 Å². The molecule has 0 amide bonds. The zero-order valence-corrected chi connectivity index (χ0v) is 9.62. The third-order valence-electron chi connectivity index (χ3n) is 2.25. The summed E-state index contributed by atoms with van der Waals surface area (Å²) in [5, 5.41) is 0. The van der Waals surface area contributed by atoms with Crippen molar-refractivity contribution in [1.82, 2.24) is 0 Å². The molecule has 0 unspecified atom stereocenters. The van der Waals surface area contributed by atoms with Gasteiger partial charge in [-0.15, -0.1) is 0 Å². The van der Waals surface area contributed by atoms with Crippen LogP contribution in [0.4, 0.5) is 4.39 Å². The number of hydrogen-bond acceptors (Lipinski definition) is 0. The predicted octanol–water partition coefficient (Wildman–Crippen LogP) is 4.31. The molecule has 0 bridgehead atoms. The number of benzene rings is 2. The van der Waals surface area contributed by atoms with E-state index in [0.29, 0.717) is 0 Å². The maximum atomic E-state index is 12.7. The molecule has 0 radical (unpaired) electrons. The Kier molecular flexibility index (Phi) is 3.17. The molecule has 15 heavy (non-hydrogen) atoms. The number of rotatable bonds is 2. The fourth-order valence-electron chi connectivity index (χ4n) is 1.45. The summed E-state index contributed by atoms with van der Waals surface area (Å²) in [5.41, 5.74) is 2.23. The van der Waals surface area contributed by atoms with E-state index in [2.05, 4.69) is 15.9 Å². The van der Waals surface area contributed by atoms with Crippen molar-refractivity contribution in [3.63, 3.8) is 0 Å². The fourth-order valence-corrected chi connectivity index (χ4v) is 2.06. The van der Waals surface area contributed by atoms with E-state index < -0.39 is 0 Å². The highest BCUT2D eigenvalue weighted by Crippen LogP contribution is 2.30.